The van der Waals surface area contributed by atoms with Crippen LogP contribution < -0.4 is 20.1 Å². The van der Waals surface area contributed by atoms with E-state index in [1.807, 2.05) is 6.07 Å². The molecule has 0 amide bonds. The predicted molar refractivity (Wildman–Crippen MR) is 163 cm³/mol. The second-order valence-corrected chi connectivity index (χ2v) is 11.3. The molecule has 6 heteroatoms. The van der Waals surface area contributed by atoms with Crippen LogP contribution in [0.4, 0.5) is 0 Å². The van der Waals surface area contributed by atoms with E-state index in [2.05, 4.69) is 88.3 Å². The maximum absolute atomic E-state index is 5.72. The van der Waals surface area contributed by atoms with E-state index in [0.717, 1.165) is 68.3 Å². The Kier molecular flexibility index (Phi) is 9.05. The molecule has 0 aromatic heterocycles. The fraction of sp³-hybridized carbons (Fsp3) is 0.424. The number of benzene rings is 3. The van der Waals surface area contributed by atoms with Crippen LogP contribution in [0.25, 0.3) is 0 Å². The number of likely N-dealkylation sites (tertiary alicyclic amines) is 1. The summed E-state index contributed by atoms with van der Waals surface area (Å²) in [5.74, 6) is 1.61. The van der Waals surface area contributed by atoms with E-state index in [1.54, 1.807) is 14.2 Å². The molecule has 3 aromatic carbocycles. The normalized spacial score (nSPS) is 22.6. The lowest BCUT2D eigenvalue weighted by Gasteiger charge is -2.46. The lowest BCUT2D eigenvalue weighted by atomic mass is 9.65. The molecular formula is C33H41N3O2S. The molecule has 39 heavy (non-hydrogen) atoms. The van der Waals surface area contributed by atoms with E-state index in [0.29, 0.717) is 12.1 Å². The van der Waals surface area contributed by atoms with Crippen molar-refractivity contribution in [3.05, 3.63) is 95.6 Å². The van der Waals surface area contributed by atoms with Gasteiger partial charge in [0.2, 0.25) is 0 Å². The third kappa shape index (κ3) is 6.39. The number of nitrogens with zero attached hydrogens (tertiary/aromatic N) is 1. The molecule has 206 valence electrons. The molecular weight excluding hydrogens is 502 g/mol. The first-order valence-corrected chi connectivity index (χ1v) is 14.6. The number of nitrogens with one attached hydrogen (secondary N) is 2. The molecule has 1 saturated carbocycles. The van der Waals surface area contributed by atoms with Crippen molar-refractivity contribution < 1.29 is 9.47 Å². The van der Waals surface area contributed by atoms with Crippen molar-refractivity contribution in [2.24, 2.45) is 0 Å². The minimum atomic E-state index is 0.115. The van der Waals surface area contributed by atoms with Gasteiger partial charge < -0.3 is 20.1 Å². The van der Waals surface area contributed by atoms with Crippen molar-refractivity contribution in [1.29, 1.82) is 0 Å². The highest BCUT2D eigenvalue weighted by atomic mass is 32.1. The van der Waals surface area contributed by atoms with Crippen LogP contribution in [-0.2, 0) is 18.4 Å². The van der Waals surface area contributed by atoms with Crippen LogP contribution in [0.1, 0.15) is 48.8 Å². The van der Waals surface area contributed by atoms with E-state index in [-0.39, 0.29) is 5.41 Å². The van der Waals surface area contributed by atoms with Crippen LogP contribution in [0.2, 0.25) is 0 Å². The average Bonchev–Trinajstić information content (AvgIpc) is 3.35. The van der Waals surface area contributed by atoms with Crippen molar-refractivity contribution in [3.8, 4) is 11.5 Å². The lowest BCUT2D eigenvalue weighted by Crippen LogP contribution is -2.53. The van der Waals surface area contributed by atoms with Crippen molar-refractivity contribution in [2.75, 3.05) is 27.3 Å². The van der Waals surface area contributed by atoms with E-state index < -0.39 is 0 Å². The van der Waals surface area contributed by atoms with Gasteiger partial charge in [-0.15, -0.1) is 0 Å². The maximum Gasteiger partial charge on any atom is 0.166 e. The van der Waals surface area contributed by atoms with Crippen molar-refractivity contribution >= 4 is 17.3 Å². The number of hydrogen-bond donors (Lipinski definition) is 2. The highest BCUT2D eigenvalue weighted by Crippen LogP contribution is 2.50. The molecule has 1 heterocycles. The zero-order valence-corrected chi connectivity index (χ0v) is 24.0. The molecule has 1 aliphatic carbocycles. The van der Waals surface area contributed by atoms with Crippen LogP contribution in [0.5, 0.6) is 11.5 Å². The number of ether oxygens (including phenoxy) is 2. The first kappa shape index (κ1) is 27.5. The minimum Gasteiger partial charge on any atom is -0.493 e. The Morgan fingerprint density at radius 3 is 2.36 bits per heavy atom. The van der Waals surface area contributed by atoms with Gasteiger partial charge in [0.25, 0.3) is 0 Å². The molecule has 2 N–H and O–H groups in total. The fourth-order valence-corrected chi connectivity index (χ4v) is 6.91. The van der Waals surface area contributed by atoms with Crippen LogP contribution in [0.15, 0.2) is 78.9 Å². The zero-order valence-electron chi connectivity index (χ0n) is 23.2. The van der Waals surface area contributed by atoms with Crippen LogP contribution in [0, 0.1) is 0 Å². The molecule has 3 unspecified atom stereocenters. The topological polar surface area (TPSA) is 45.8 Å². The smallest absolute Gasteiger partial charge is 0.166 e. The molecule has 3 aromatic rings. The molecule has 3 atom stereocenters. The van der Waals surface area contributed by atoms with Gasteiger partial charge in [0.15, 0.2) is 16.6 Å². The number of hydrogen-bond acceptors (Lipinski definition) is 4. The minimum absolute atomic E-state index is 0.115. The van der Waals surface area contributed by atoms with Crippen molar-refractivity contribution in [2.45, 2.75) is 62.6 Å². The summed E-state index contributed by atoms with van der Waals surface area (Å²) in [4.78, 5) is 2.74. The first-order chi connectivity index (χ1) is 19.1. The van der Waals surface area contributed by atoms with Gasteiger partial charge in [0.1, 0.15) is 0 Å². The van der Waals surface area contributed by atoms with Crippen molar-refractivity contribution in [3.63, 3.8) is 0 Å². The van der Waals surface area contributed by atoms with Gasteiger partial charge in [-0.25, -0.2) is 0 Å². The van der Waals surface area contributed by atoms with Gasteiger partial charge in [-0.2, -0.15) is 0 Å². The Balaban J connectivity index is 1.30. The quantitative estimate of drug-likeness (QED) is 0.312. The Morgan fingerprint density at radius 2 is 1.64 bits per heavy atom. The zero-order chi connectivity index (χ0) is 27.1. The van der Waals surface area contributed by atoms with E-state index >= 15 is 0 Å². The molecule has 1 saturated heterocycles. The lowest BCUT2D eigenvalue weighted by molar-refractivity contribution is 0.138. The van der Waals surface area contributed by atoms with Crippen LogP contribution >= 0.6 is 12.2 Å². The highest BCUT2D eigenvalue weighted by Gasteiger charge is 2.51. The first-order valence-electron chi connectivity index (χ1n) is 14.2. The second kappa shape index (κ2) is 12.8. The molecule has 0 spiro atoms. The number of aryl methyl sites for hydroxylation is 1. The summed E-state index contributed by atoms with van der Waals surface area (Å²) >= 11 is 5.72. The number of thiocarbonyl (C=S) groups is 1. The Labute approximate surface area is 238 Å². The number of fused-ring (bicyclic) bond motifs is 1. The van der Waals surface area contributed by atoms with Gasteiger partial charge in [-0.1, -0.05) is 66.7 Å². The van der Waals surface area contributed by atoms with Gasteiger partial charge in [0.05, 0.1) is 14.2 Å². The molecule has 5 rings (SSSR count). The van der Waals surface area contributed by atoms with Gasteiger partial charge >= 0.3 is 0 Å². The Bertz CT molecular complexity index is 1220. The average molecular weight is 544 g/mol. The van der Waals surface area contributed by atoms with E-state index in [4.69, 9.17) is 21.7 Å². The van der Waals surface area contributed by atoms with E-state index in [1.165, 1.54) is 23.1 Å². The molecule has 2 aliphatic rings. The Morgan fingerprint density at radius 1 is 0.923 bits per heavy atom. The van der Waals surface area contributed by atoms with Crippen molar-refractivity contribution in [1.82, 2.24) is 15.5 Å². The summed E-state index contributed by atoms with van der Waals surface area (Å²) < 4.78 is 11.3. The van der Waals surface area contributed by atoms with E-state index in [9.17, 15) is 0 Å². The molecule has 2 fully saturated rings. The van der Waals surface area contributed by atoms with Gasteiger partial charge in [0, 0.05) is 24.0 Å². The fourth-order valence-electron chi connectivity index (χ4n) is 6.67. The summed E-state index contributed by atoms with van der Waals surface area (Å²) in [6.45, 7) is 2.97. The van der Waals surface area contributed by atoms with Gasteiger partial charge in [-0.3, -0.25) is 4.90 Å². The monoisotopic (exact) mass is 543 g/mol. The largest absolute Gasteiger partial charge is 0.493 e. The van der Waals surface area contributed by atoms with Crippen LogP contribution in [0.3, 0.4) is 0 Å². The maximum atomic E-state index is 5.72. The molecule has 0 bridgehead atoms. The van der Waals surface area contributed by atoms with Crippen LogP contribution in [-0.4, -0.2) is 49.4 Å². The standard InChI is InChI=1S/C33H41N3O2S/c1-37-29-16-15-27(22-30(29)38-2)33-18-17-28(35-32(39)34-24-26-12-7-4-8-13-26)23-31(33)36(21-19-33)20-9-14-25-10-5-3-6-11-25/h3-8,10-13,15-16,22,28,31H,9,14,17-21,23-24H2,1-2H3,(H2,34,35,39). The van der Waals surface area contributed by atoms with Gasteiger partial charge in [-0.05, 0) is 92.7 Å². The summed E-state index contributed by atoms with van der Waals surface area (Å²) in [6, 6.07) is 28.6. The number of rotatable bonds is 10. The number of methoxy groups -OCH3 is 2. The summed E-state index contributed by atoms with van der Waals surface area (Å²) in [6.07, 6.45) is 6.74. The molecule has 1 aliphatic heterocycles. The SMILES string of the molecule is COc1ccc(C23CCC(NC(=S)NCc4ccccc4)CC2N(CCCc2ccccc2)CC3)cc1OC. The third-order valence-corrected chi connectivity index (χ3v) is 8.98. The summed E-state index contributed by atoms with van der Waals surface area (Å²) in [5.41, 5.74) is 4.14. The predicted octanol–water partition coefficient (Wildman–Crippen LogP) is 5.87. The molecule has 0 radical (unpaired) electrons. The highest BCUT2D eigenvalue weighted by molar-refractivity contribution is 7.80. The second-order valence-electron chi connectivity index (χ2n) is 10.9. The third-order valence-electron chi connectivity index (χ3n) is 8.71. The molecule has 5 nitrogen and oxygen atoms in total. The Hall–Kier alpha value is -3.09. The summed E-state index contributed by atoms with van der Waals surface area (Å²) in [5, 5.41) is 7.82. The summed E-state index contributed by atoms with van der Waals surface area (Å²) in [7, 11) is 3.43.